The van der Waals surface area contributed by atoms with E-state index in [0.717, 1.165) is 17.7 Å². The number of nitrogens with zero attached hydrogens (tertiary/aromatic N) is 4. The zero-order valence-corrected chi connectivity index (χ0v) is 15.7. The Balaban J connectivity index is 2.08. The predicted octanol–water partition coefficient (Wildman–Crippen LogP) is 3.89. The average Bonchev–Trinajstić information content (AvgIpc) is 3.03. The summed E-state index contributed by atoms with van der Waals surface area (Å²) in [5, 5.41) is 15.1. The van der Waals surface area contributed by atoms with Crippen LogP contribution in [0.15, 0.2) is 29.4 Å². The van der Waals surface area contributed by atoms with Gasteiger partial charge in [-0.1, -0.05) is 43.8 Å². The zero-order chi connectivity index (χ0) is 17.7. The van der Waals surface area contributed by atoms with Gasteiger partial charge in [0.25, 0.3) is 0 Å². The zero-order valence-electron chi connectivity index (χ0n) is 14.9. The Hall–Kier alpha value is -1.89. The fourth-order valence-electron chi connectivity index (χ4n) is 2.29. The van der Waals surface area contributed by atoms with Crippen molar-refractivity contribution >= 4 is 23.4 Å². The van der Waals surface area contributed by atoms with E-state index in [1.807, 2.05) is 39.0 Å². The maximum absolute atomic E-state index is 12.6. The molecule has 0 radical (unpaired) electrons. The van der Waals surface area contributed by atoms with Crippen molar-refractivity contribution in [2.75, 3.05) is 5.32 Å². The van der Waals surface area contributed by atoms with Gasteiger partial charge in [-0.3, -0.25) is 4.79 Å². The predicted molar refractivity (Wildman–Crippen MR) is 97.3 cm³/mol. The van der Waals surface area contributed by atoms with E-state index in [1.165, 1.54) is 11.8 Å². The van der Waals surface area contributed by atoms with Gasteiger partial charge in [-0.2, -0.15) is 0 Å². The molecule has 1 N–H and O–H groups in total. The topological polar surface area (TPSA) is 72.7 Å². The number of hydrogen-bond donors (Lipinski definition) is 1. The van der Waals surface area contributed by atoms with Crippen LogP contribution in [0, 0.1) is 0 Å². The van der Waals surface area contributed by atoms with Crippen LogP contribution in [-0.2, 0) is 4.79 Å². The van der Waals surface area contributed by atoms with Gasteiger partial charge in [0.1, 0.15) is 0 Å². The van der Waals surface area contributed by atoms with E-state index < -0.39 is 0 Å². The number of para-hydroxylation sites is 1. The summed E-state index contributed by atoms with van der Waals surface area (Å²) in [5.41, 5.74) is 2.05. The number of hydrogen-bond acceptors (Lipinski definition) is 5. The molecule has 1 heterocycles. The molecular weight excluding hydrogens is 322 g/mol. The smallest absolute Gasteiger partial charge is 0.237 e. The van der Waals surface area contributed by atoms with E-state index in [-0.39, 0.29) is 17.2 Å². The van der Waals surface area contributed by atoms with Crippen LogP contribution < -0.4 is 5.32 Å². The van der Waals surface area contributed by atoms with Crippen molar-refractivity contribution in [1.82, 2.24) is 20.2 Å². The number of carbonyl (C=O) groups is 1. The summed E-state index contributed by atoms with van der Waals surface area (Å²) in [6, 6.07) is 8.13. The molecule has 130 valence electrons. The monoisotopic (exact) mass is 347 g/mol. The maximum Gasteiger partial charge on any atom is 0.237 e. The number of amides is 1. The number of nitrogens with one attached hydrogen (secondary N) is 1. The van der Waals surface area contributed by atoms with Gasteiger partial charge >= 0.3 is 0 Å². The Morgan fingerprint density at radius 1 is 1.25 bits per heavy atom. The summed E-state index contributed by atoms with van der Waals surface area (Å²) < 4.78 is 1.72. The van der Waals surface area contributed by atoms with Gasteiger partial charge in [0, 0.05) is 5.69 Å². The molecule has 2 unspecified atom stereocenters. The highest BCUT2D eigenvalue weighted by Gasteiger charge is 2.20. The molecule has 0 fully saturated rings. The molecule has 1 aromatic carbocycles. The lowest BCUT2D eigenvalue weighted by atomic mass is 9.97. The summed E-state index contributed by atoms with van der Waals surface area (Å²) in [6.07, 6.45) is 1.03. The molecule has 0 aliphatic heterocycles. The Bertz CT molecular complexity index is 685. The molecule has 0 spiro atoms. The fourth-order valence-corrected chi connectivity index (χ4v) is 3.21. The highest BCUT2D eigenvalue weighted by atomic mass is 32.2. The standard InChI is InChI=1S/C17H25N5OS/c1-6-12(4)14-9-7-8-10-15(14)18-16(23)13(5)24-17-19-20-21-22(17)11(2)3/h7-13H,6H2,1-5H3,(H,18,23). The highest BCUT2D eigenvalue weighted by molar-refractivity contribution is 8.00. The molecule has 1 amide bonds. The van der Waals surface area contributed by atoms with Crippen LogP contribution in [0.5, 0.6) is 0 Å². The molecule has 2 rings (SSSR count). The Morgan fingerprint density at radius 3 is 2.62 bits per heavy atom. The van der Waals surface area contributed by atoms with E-state index >= 15 is 0 Å². The molecule has 0 saturated carbocycles. The number of aromatic nitrogens is 4. The van der Waals surface area contributed by atoms with Gasteiger partial charge in [0.15, 0.2) is 0 Å². The molecule has 1 aromatic heterocycles. The summed E-state index contributed by atoms with van der Waals surface area (Å²) in [6.45, 7) is 10.2. The summed E-state index contributed by atoms with van der Waals surface area (Å²) in [4.78, 5) is 12.6. The van der Waals surface area contributed by atoms with Crippen molar-refractivity contribution in [3.05, 3.63) is 29.8 Å². The Kier molecular flexibility index (Phi) is 6.36. The lowest BCUT2D eigenvalue weighted by molar-refractivity contribution is -0.115. The molecule has 6 nitrogen and oxygen atoms in total. The molecule has 24 heavy (non-hydrogen) atoms. The maximum atomic E-state index is 12.6. The van der Waals surface area contributed by atoms with Crippen LogP contribution in [0.25, 0.3) is 0 Å². The third-order valence-electron chi connectivity index (χ3n) is 3.97. The second-order valence-corrected chi connectivity index (χ2v) is 7.45. The van der Waals surface area contributed by atoms with Crippen molar-refractivity contribution in [3.63, 3.8) is 0 Å². The molecular formula is C17H25N5OS. The molecule has 2 aromatic rings. The first-order chi connectivity index (χ1) is 11.4. The molecule has 0 aliphatic carbocycles. The lowest BCUT2D eigenvalue weighted by Gasteiger charge is -2.17. The van der Waals surface area contributed by atoms with Gasteiger partial charge in [-0.15, -0.1) is 5.10 Å². The fraction of sp³-hybridized carbons (Fsp3) is 0.529. The number of tetrazole rings is 1. The van der Waals surface area contributed by atoms with Crippen molar-refractivity contribution in [2.24, 2.45) is 0 Å². The van der Waals surface area contributed by atoms with Gasteiger partial charge < -0.3 is 5.32 Å². The third kappa shape index (κ3) is 4.35. The Labute approximate surface area is 147 Å². The Morgan fingerprint density at radius 2 is 1.96 bits per heavy atom. The van der Waals surface area contributed by atoms with Crippen LogP contribution in [0.1, 0.15) is 58.6 Å². The number of thioether (sulfide) groups is 1. The van der Waals surface area contributed by atoms with E-state index in [1.54, 1.807) is 4.68 Å². The van der Waals surface area contributed by atoms with E-state index in [9.17, 15) is 4.79 Å². The minimum atomic E-state index is -0.293. The normalized spacial score (nSPS) is 13.8. The van der Waals surface area contributed by atoms with Gasteiger partial charge in [0.2, 0.25) is 11.1 Å². The van der Waals surface area contributed by atoms with Crippen molar-refractivity contribution in [3.8, 4) is 0 Å². The summed E-state index contributed by atoms with van der Waals surface area (Å²) in [5.74, 6) is 0.353. The summed E-state index contributed by atoms with van der Waals surface area (Å²) >= 11 is 1.37. The lowest BCUT2D eigenvalue weighted by Crippen LogP contribution is -2.24. The largest absolute Gasteiger partial charge is 0.325 e. The molecule has 7 heteroatoms. The van der Waals surface area contributed by atoms with Crippen LogP contribution in [-0.4, -0.2) is 31.4 Å². The summed E-state index contributed by atoms with van der Waals surface area (Å²) in [7, 11) is 0. The SMILES string of the molecule is CCC(C)c1ccccc1NC(=O)C(C)Sc1nnnn1C(C)C. The van der Waals surface area contributed by atoms with E-state index in [0.29, 0.717) is 11.1 Å². The number of rotatable bonds is 7. The minimum Gasteiger partial charge on any atom is -0.325 e. The van der Waals surface area contributed by atoms with Crippen LogP contribution in [0.4, 0.5) is 5.69 Å². The van der Waals surface area contributed by atoms with Crippen LogP contribution in [0.3, 0.4) is 0 Å². The molecule has 0 aliphatic rings. The van der Waals surface area contributed by atoms with Crippen LogP contribution >= 0.6 is 11.8 Å². The third-order valence-corrected chi connectivity index (χ3v) is 5.01. The number of carbonyl (C=O) groups excluding carboxylic acids is 1. The van der Waals surface area contributed by atoms with E-state index in [4.69, 9.17) is 0 Å². The first-order valence-corrected chi connectivity index (χ1v) is 9.16. The van der Waals surface area contributed by atoms with Gasteiger partial charge in [-0.05, 0) is 55.2 Å². The molecule has 0 bridgehead atoms. The number of anilines is 1. The van der Waals surface area contributed by atoms with Crippen molar-refractivity contribution < 1.29 is 4.79 Å². The first-order valence-electron chi connectivity index (χ1n) is 8.28. The highest BCUT2D eigenvalue weighted by Crippen LogP contribution is 2.28. The van der Waals surface area contributed by atoms with Crippen molar-refractivity contribution in [1.29, 1.82) is 0 Å². The number of benzene rings is 1. The van der Waals surface area contributed by atoms with E-state index in [2.05, 4.69) is 40.8 Å². The quantitative estimate of drug-likeness (QED) is 0.769. The average molecular weight is 347 g/mol. The second-order valence-electron chi connectivity index (χ2n) is 6.15. The first kappa shape index (κ1) is 18.4. The second kappa shape index (κ2) is 8.28. The van der Waals surface area contributed by atoms with Crippen LogP contribution in [0.2, 0.25) is 0 Å². The van der Waals surface area contributed by atoms with Gasteiger partial charge in [0.05, 0.1) is 11.3 Å². The molecule has 0 saturated heterocycles. The van der Waals surface area contributed by atoms with Gasteiger partial charge in [-0.25, -0.2) is 4.68 Å². The van der Waals surface area contributed by atoms with Crippen molar-refractivity contribution in [2.45, 2.75) is 63.4 Å². The minimum absolute atomic E-state index is 0.0472. The molecule has 2 atom stereocenters.